The molecule has 1 aliphatic rings. The van der Waals surface area contributed by atoms with Crippen molar-refractivity contribution < 1.29 is 5.11 Å². The SMILES string of the molecule is CC(O)CNCC1CCCC1. The maximum absolute atomic E-state index is 8.96. The Morgan fingerprint density at radius 2 is 2.09 bits per heavy atom. The quantitative estimate of drug-likeness (QED) is 0.641. The van der Waals surface area contributed by atoms with Crippen LogP contribution < -0.4 is 5.32 Å². The lowest BCUT2D eigenvalue weighted by Gasteiger charge is -2.11. The Morgan fingerprint density at radius 1 is 1.45 bits per heavy atom. The van der Waals surface area contributed by atoms with Gasteiger partial charge >= 0.3 is 0 Å². The summed E-state index contributed by atoms with van der Waals surface area (Å²) in [6.07, 6.45) is 5.37. The van der Waals surface area contributed by atoms with Gasteiger partial charge in [-0.05, 0) is 32.2 Å². The third-order valence-electron chi connectivity index (χ3n) is 2.35. The van der Waals surface area contributed by atoms with E-state index >= 15 is 0 Å². The first-order valence-electron chi connectivity index (χ1n) is 4.68. The Hall–Kier alpha value is -0.0800. The van der Waals surface area contributed by atoms with Gasteiger partial charge in [0.2, 0.25) is 0 Å². The number of rotatable bonds is 4. The molecule has 0 aromatic carbocycles. The largest absolute Gasteiger partial charge is 0.392 e. The van der Waals surface area contributed by atoms with Crippen LogP contribution in [0.15, 0.2) is 0 Å². The lowest BCUT2D eigenvalue weighted by Crippen LogP contribution is -2.28. The van der Waals surface area contributed by atoms with Crippen molar-refractivity contribution >= 4 is 0 Å². The highest BCUT2D eigenvalue weighted by Crippen LogP contribution is 2.23. The third-order valence-corrected chi connectivity index (χ3v) is 2.35. The smallest absolute Gasteiger partial charge is 0.0636 e. The lowest BCUT2D eigenvalue weighted by atomic mass is 10.1. The summed E-state index contributed by atoms with van der Waals surface area (Å²) < 4.78 is 0. The van der Waals surface area contributed by atoms with Gasteiger partial charge in [-0.2, -0.15) is 0 Å². The van der Waals surface area contributed by atoms with Gasteiger partial charge in [-0.3, -0.25) is 0 Å². The van der Waals surface area contributed by atoms with Crippen LogP contribution >= 0.6 is 0 Å². The molecule has 1 atom stereocenters. The predicted molar refractivity (Wildman–Crippen MR) is 46.5 cm³/mol. The zero-order chi connectivity index (χ0) is 8.10. The number of aliphatic hydroxyl groups excluding tert-OH is 1. The Kier molecular flexibility index (Phi) is 3.87. The Morgan fingerprint density at radius 3 is 2.64 bits per heavy atom. The summed E-state index contributed by atoms with van der Waals surface area (Å²) in [6.45, 7) is 3.67. The van der Waals surface area contributed by atoms with Crippen LogP contribution in [-0.2, 0) is 0 Å². The second kappa shape index (κ2) is 4.73. The zero-order valence-electron chi connectivity index (χ0n) is 7.34. The van der Waals surface area contributed by atoms with E-state index in [4.69, 9.17) is 5.11 Å². The molecule has 1 rings (SSSR count). The average molecular weight is 157 g/mol. The second-order valence-electron chi connectivity index (χ2n) is 3.66. The maximum atomic E-state index is 8.96. The average Bonchev–Trinajstić information content (AvgIpc) is 2.39. The molecule has 66 valence electrons. The molecule has 11 heavy (non-hydrogen) atoms. The van der Waals surface area contributed by atoms with Crippen molar-refractivity contribution in [1.82, 2.24) is 5.32 Å². The van der Waals surface area contributed by atoms with Crippen molar-refractivity contribution in [1.29, 1.82) is 0 Å². The Bertz CT molecular complexity index is 97.7. The van der Waals surface area contributed by atoms with Gasteiger partial charge in [0.1, 0.15) is 0 Å². The van der Waals surface area contributed by atoms with E-state index in [9.17, 15) is 0 Å². The molecule has 1 fully saturated rings. The van der Waals surface area contributed by atoms with Gasteiger partial charge in [0.05, 0.1) is 6.10 Å². The molecular formula is C9H19NO. The fourth-order valence-corrected chi connectivity index (χ4v) is 1.71. The van der Waals surface area contributed by atoms with E-state index in [1.165, 1.54) is 25.7 Å². The van der Waals surface area contributed by atoms with E-state index in [1.807, 2.05) is 6.92 Å². The van der Waals surface area contributed by atoms with Crippen molar-refractivity contribution in [2.45, 2.75) is 38.7 Å². The molecule has 2 nitrogen and oxygen atoms in total. The summed E-state index contributed by atoms with van der Waals surface area (Å²) in [5, 5.41) is 12.2. The van der Waals surface area contributed by atoms with E-state index < -0.39 is 0 Å². The lowest BCUT2D eigenvalue weighted by molar-refractivity contribution is 0.189. The third kappa shape index (κ3) is 3.73. The van der Waals surface area contributed by atoms with Gasteiger partial charge in [0.15, 0.2) is 0 Å². The first-order valence-corrected chi connectivity index (χ1v) is 4.68. The van der Waals surface area contributed by atoms with Crippen molar-refractivity contribution in [2.24, 2.45) is 5.92 Å². The Labute approximate surface area is 69.0 Å². The summed E-state index contributed by atoms with van der Waals surface area (Å²) in [5.41, 5.74) is 0. The molecule has 0 aliphatic heterocycles. The predicted octanol–water partition coefficient (Wildman–Crippen LogP) is 1.15. The van der Waals surface area contributed by atoms with Gasteiger partial charge in [-0.25, -0.2) is 0 Å². The van der Waals surface area contributed by atoms with E-state index in [2.05, 4.69) is 5.32 Å². The van der Waals surface area contributed by atoms with Crippen molar-refractivity contribution in [3.8, 4) is 0 Å². The molecule has 0 spiro atoms. The van der Waals surface area contributed by atoms with Gasteiger partial charge < -0.3 is 10.4 Å². The second-order valence-corrected chi connectivity index (χ2v) is 3.66. The summed E-state index contributed by atoms with van der Waals surface area (Å²) in [4.78, 5) is 0. The number of hydrogen-bond donors (Lipinski definition) is 2. The molecule has 0 saturated heterocycles. The van der Waals surface area contributed by atoms with Gasteiger partial charge in [0.25, 0.3) is 0 Å². The molecule has 0 radical (unpaired) electrons. The first kappa shape index (κ1) is 9.01. The van der Waals surface area contributed by atoms with Crippen LogP contribution in [0.5, 0.6) is 0 Å². The minimum absolute atomic E-state index is 0.198. The van der Waals surface area contributed by atoms with E-state index in [0.29, 0.717) is 0 Å². The minimum Gasteiger partial charge on any atom is -0.392 e. The van der Waals surface area contributed by atoms with Crippen molar-refractivity contribution in [2.75, 3.05) is 13.1 Å². The summed E-state index contributed by atoms with van der Waals surface area (Å²) in [6, 6.07) is 0. The highest BCUT2D eigenvalue weighted by Gasteiger charge is 2.13. The highest BCUT2D eigenvalue weighted by atomic mass is 16.3. The molecule has 0 bridgehead atoms. The maximum Gasteiger partial charge on any atom is 0.0636 e. The van der Waals surface area contributed by atoms with E-state index in [1.54, 1.807) is 0 Å². The molecule has 1 aliphatic carbocycles. The number of hydrogen-bond acceptors (Lipinski definition) is 2. The fourth-order valence-electron chi connectivity index (χ4n) is 1.71. The first-order chi connectivity index (χ1) is 5.29. The van der Waals surface area contributed by atoms with Crippen LogP contribution in [0.1, 0.15) is 32.6 Å². The zero-order valence-corrected chi connectivity index (χ0v) is 7.34. The molecule has 2 N–H and O–H groups in total. The normalized spacial score (nSPS) is 22.4. The molecular weight excluding hydrogens is 138 g/mol. The fraction of sp³-hybridized carbons (Fsp3) is 1.00. The summed E-state index contributed by atoms with van der Waals surface area (Å²) in [7, 11) is 0. The molecule has 2 heteroatoms. The molecule has 0 aromatic heterocycles. The van der Waals surface area contributed by atoms with Gasteiger partial charge in [-0.15, -0.1) is 0 Å². The molecule has 0 heterocycles. The molecule has 1 saturated carbocycles. The molecule has 1 unspecified atom stereocenters. The highest BCUT2D eigenvalue weighted by molar-refractivity contribution is 4.69. The number of aliphatic hydroxyl groups is 1. The van der Waals surface area contributed by atoms with Crippen LogP contribution in [0, 0.1) is 5.92 Å². The summed E-state index contributed by atoms with van der Waals surface area (Å²) in [5.74, 6) is 0.883. The summed E-state index contributed by atoms with van der Waals surface area (Å²) >= 11 is 0. The Balaban J connectivity index is 1.94. The van der Waals surface area contributed by atoms with Crippen LogP contribution in [0.25, 0.3) is 0 Å². The van der Waals surface area contributed by atoms with Crippen LogP contribution in [0.3, 0.4) is 0 Å². The standard InChI is InChI=1S/C9H19NO/c1-8(11)6-10-7-9-4-2-3-5-9/h8-11H,2-7H2,1H3. The molecule has 0 amide bonds. The van der Waals surface area contributed by atoms with Crippen LogP contribution in [0.4, 0.5) is 0 Å². The van der Waals surface area contributed by atoms with Crippen LogP contribution in [-0.4, -0.2) is 24.3 Å². The topological polar surface area (TPSA) is 32.3 Å². The van der Waals surface area contributed by atoms with Gasteiger partial charge in [-0.1, -0.05) is 12.8 Å². The number of nitrogens with one attached hydrogen (secondary N) is 1. The van der Waals surface area contributed by atoms with Crippen molar-refractivity contribution in [3.63, 3.8) is 0 Å². The van der Waals surface area contributed by atoms with Crippen molar-refractivity contribution in [3.05, 3.63) is 0 Å². The van der Waals surface area contributed by atoms with E-state index in [0.717, 1.165) is 19.0 Å². The van der Waals surface area contributed by atoms with Gasteiger partial charge in [0, 0.05) is 6.54 Å². The molecule has 0 aromatic rings. The monoisotopic (exact) mass is 157 g/mol. The van der Waals surface area contributed by atoms with Crippen LogP contribution in [0.2, 0.25) is 0 Å². The minimum atomic E-state index is -0.198. The van der Waals surface area contributed by atoms with E-state index in [-0.39, 0.29) is 6.10 Å².